The molecule has 0 bridgehead atoms. The maximum absolute atomic E-state index is 11.3. The van der Waals surface area contributed by atoms with Crippen molar-refractivity contribution in [1.29, 1.82) is 0 Å². The predicted octanol–water partition coefficient (Wildman–Crippen LogP) is 2.03. The maximum atomic E-state index is 11.3. The summed E-state index contributed by atoms with van der Waals surface area (Å²) < 4.78 is 0. The van der Waals surface area contributed by atoms with Gasteiger partial charge in [0.25, 0.3) is 5.91 Å². The largest absolute Gasteiger partial charge is 0.350 e. The number of thiophene rings is 1. The van der Waals surface area contributed by atoms with Crippen molar-refractivity contribution < 1.29 is 4.79 Å². The minimum Gasteiger partial charge on any atom is -0.350 e. The van der Waals surface area contributed by atoms with Crippen molar-refractivity contribution in [3.05, 3.63) is 21.9 Å². The topological polar surface area (TPSA) is 29.1 Å². The van der Waals surface area contributed by atoms with Gasteiger partial charge in [0.1, 0.15) is 0 Å². The summed E-state index contributed by atoms with van der Waals surface area (Å²) in [4.78, 5) is 12.0. The number of rotatable bonds is 3. The lowest BCUT2D eigenvalue weighted by Crippen LogP contribution is -2.24. The standard InChI is InChI=1S/C8H10ClNOS/c1-6-4-7(12-5-6)8(11)10-3-2-9/h4-5H,2-3H2,1H3,(H,10,11). The van der Waals surface area contributed by atoms with E-state index < -0.39 is 0 Å². The number of nitrogens with one attached hydrogen (secondary N) is 1. The van der Waals surface area contributed by atoms with Crippen LogP contribution >= 0.6 is 22.9 Å². The Morgan fingerprint density at radius 2 is 2.50 bits per heavy atom. The zero-order valence-electron chi connectivity index (χ0n) is 6.76. The molecule has 0 aliphatic carbocycles. The van der Waals surface area contributed by atoms with Crippen molar-refractivity contribution >= 4 is 28.8 Å². The van der Waals surface area contributed by atoms with Crippen LogP contribution in [0.3, 0.4) is 0 Å². The second-order valence-electron chi connectivity index (χ2n) is 2.43. The third-order valence-electron chi connectivity index (χ3n) is 1.33. The molecule has 0 atom stereocenters. The van der Waals surface area contributed by atoms with Crippen LogP contribution < -0.4 is 5.32 Å². The molecule has 1 aromatic heterocycles. The number of halogens is 1. The molecule has 0 radical (unpaired) electrons. The van der Waals surface area contributed by atoms with Crippen LogP contribution in [0.15, 0.2) is 11.4 Å². The molecule has 4 heteroatoms. The predicted molar refractivity (Wildman–Crippen MR) is 52.1 cm³/mol. The van der Waals surface area contributed by atoms with Gasteiger partial charge in [-0.05, 0) is 23.9 Å². The van der Waals surface area contributed by atoms with E-state index >= 15 is 0 Å². The summed E-state index contributed by atoms with van der Waals surface area (Å²) in [5.74, 6) is 0.421. The fourth-order valence-corrected chi connectivity index (χ4v) is 1.71. The molecule has 1 amide bonds. The molecule has 0 saturated carbocycles. The lowest BCUT2D eigenvalue weighted by molar-refractivity contribution is 0.0960. The molecule has 0 saturated heterocycles. The smallest absolute Gasteiger partial charge is 0.261 e. The third kappa shape index (κ3) is 2.50. The van der Waals surface area contributed by atoms with E-state index in [0.717, 1.165) is 10.4 Å². The van der Waals surface area contributed by atoms with Gasteiger partial charge in [0.2, 0.25) is 0 Å². The van der Waals surface area contributed by atoms with E-state index in [4.69, 9.17) is 11.6 Å². The molecule has 0 fully saturated rings. The molecular formula is C8H10ClNOS. The van der Waals surface area contributed by atoms with Crippen LogP contribution in [0.1, 0.15) is 15.2 Å². The highest BCUT2D eigenvalue weighted by atomic mass is 35.5. The van der Waals surface area contributed by atoms with Gasteiger partial charge in [-0.2, -0.15) is 0 Å². The summed E-state index contributed by atoms with van der Waals surface area (Å²) in [6, 6.07) is 1.87. The maximum Gasteiger partial charge on any atom is 0.261 e. The molecular weight excluding hydrogens is 194 g/mol. The minimum absolute atomic E-state index is 0.0336. The van der Waals surface area contributed by atoms with E-state index in [0.29, 0.717) is 12.4 Å². The van der Waals surface area contributed by atoms with Gasteiger partial charge in [-0.15, -0.1) is 22.9 Å². The summed E-state index contributed by atoms with van der Waals surface area (Å²) in [5.41, 5.74) is 1.12. The second kappa shape index (κ2) is 4.48. The van der Waals surface area contributed by atoms with Gasteiger partial charge in [0.15, 0.2) is 0 Å². The van der Waals surface area contributed by atoms with Gasteiger partial charge in [-0.3, -0.25) is 4.79 Å². The number of aryl methyl sites for hydroxylation is 1. The molecule has 0 aliphatic rings. The monoisotopic (exact) mass is 203 g/mol. The first-order valence-electron chi connectivity index (χ1n) is 3.63. The first-order chi connectivity index (χ1) is 5.74. The van der Waals surface area contributed by atoms with Crippen molar-refractivity contribution in [2.24, 2.45) is 0 Å². The number of carbonyl (C=O) groups excluding carboxylic acids is 1. The Bertz CT molecular complexity index is 272. The van der Waals surface area contributed by atoms with E-state index in [-0.39, 0.29) is 5.91 Å². The first kappa shape index (κ1) is 9.55. The lowest BCUT2D eigenvalue weighted by Gasteiger charge is -1.98. The zero-order valence-corrected chi connectivity index (χ0v) is 8.34. The second-order valence-corrected chi connectivity index (χ2v) is 3.72. The number of alkyl halides is 1. The van der Waals surface area contributed by atoms with Crippen LogP contribution in [0.25, 0.3) is 0 Å². The van der Waals surface area contributed by atoms with Crippen molar-refractivity contribution in [2.45, 2.75) is 6.92 Å². The minimum atomic E-state index is -0.0336. The van der Waals surface area contributed by atoms with Gasteiger partial charge < -0.3 is 5.32 Å². The number of amides is 1. The molecule has 12 heavy (non-hydrogen) atoms. The quantitative estimate of drug-likeness (QED) is 0.749. The van der Waals surface area contributed by atoms with Gasteiger partial charge in [-0.25, -0.2) is 0 Å². The number of hydrogen-bond donors (Lipinski definition) is 1. The van der Waals surface area contributed by atoms with E-state index in [1.807, 2.05) is 18.4 Å². The fourth-order valence-electron chi connectivity index (χ4n) is 0.798. The average Bonchev–Trinajstić information content (AvgIpc) is 2.47. The molecule has 66 valence electrons. The first-order valence-corrected chi connectivity index (χ1v) is 5.04. The van der Waals surface area contributed by atoms with Gasteiger partial charge in [-0.1, -0.05) is 0 Å². The molecule has 2 nitrogen and oxygen atoms in total. The summed E-state index contributed by atoms with van der Waals surface area (Å²) >= 11 is 6.88. The summed E-state index contributed by atoms with van der Waals surface area (Å²) in [7, 11) is 0. The Morgan fingerprint density at radius 1 is 1.75 bits per heavy atom. The van der Waals surface area contributed by atoms with Gasteiger partial charge >= 0.3 is 0 Å². The molecule has 1 N–H and O–H groups in total. The van der Waals surface area contributed by atoms with E-state index in [1.54, 1.807) is 0 Å². The van der Waals surface area contributed by atoms with E-state index in [1.165, 1.54) is 11.3 Å². The molecule has 0 aliphatic heterocycles. The fraction of sp³-hybridized carbons (Fsp3) is 0.375. The Balaban J connectivity index is 2.53. The summed E-state index contributed by atoms with van der Waals surface area (Å²) in [6.07, 6.45) is 0. The normalized spacial score (nSPS) is 9.83. The lowest BCUT2D eigenvalue weighted by atomic mass is 10.3. The molecule has 0 aromatic carbocycles. The number of hydrogen-bond acceptors (Lipinski definition) is 2. The molecule has 0 unspecified atom stereocenters. The van der Waals surface area contributed by atoms with Crippen LogP contribution in [0.4, 0.5) is 0 Å². The Hall–Kier alpha value is -0.540. The average molecular weight is 204 g/mol. The highest BCUT2D eigenvalue weighted by Gasteiger charge is 2.05. The molecule has 1 aromatic rings. The van der Waals surface area contributed by atoms with Crippen LogP contribution in [-0.4, -0.2) is 18.3 Å². The van der Waals surface area contributed by atoms with E-state index in [9.17, 15) is 4.79 Å². The number of carbonyl (C=O) groups is 1. The molecule has 1 heterocycles. The zero-order chi connectivity index (χ0) is 8.97. The Labute approximate surface area is 80.5 Å². The van der Waals surface area contributed by atoms with Crippen molar-refractivity contribution in [3.63, 3.8) is 0 Å². The van der Waals surface area contributed by atoms with Crippen LogP contribution in [-0.2, 0) is 0 Å². The summed E-state index contributed by atoms with van der Waals surface area (Å²) in [5, 5.41) is 4.66. The van der Waals surface area contributed by atoms with Crippen molar-refractivity contribution in [1.82, 2.24) is 5.32 Å². The third-order valence-corrected chi connectivity index (χ3v) is 2.57. The van der Waals surface area contributed by atoms with Crippen LogP contribution in [0.5, 0.6) is 0 Å². The Kier molecular flexibility index (Phi) is 3.56. The van der Waals surface area contributed by atoms with Gasteiger partial charge in [0, 0.05) is 12.4 Å². The van der Waals surface area contributed by atoms with Crippen LogP contribution in [0, 0.1) is 6.92 Å². The van der Waals surface area contributed by atoms with E-state index in [2.05, 4.69) is 5.32 Å². The highest BCUT2D eigenvalue weighted by molar-refractivity contribution is 7.12. The van der Waals surface area contributed by atoms with Gasteiger partial charge in [0.05, 0.1) is 4.88 Å². The van der Waals surface area contributed by atoms with Crippen molar-refractivity contribution in [3.8, 4) is 0 Å². The SMILES string of the molecule is Cc1csc(C(=O)NCCCl)c1. The van der Waals surface area contributed by atoms with Crippen molar-refractivity contribution in [2.75, 3.05) is 12.4 Å². The molecule has 0 spiro atoms. The Morgan fingerprint density at radius 3 is 3.00 bits per heavy atom. The van der Waals surface area contributed by atoms with Crippen LogP contribution in [0.2, 0.25) is 0 Å². The molecule has 1 rings (SSSR count). The highest BCUT2D eigenvalue weighted by Crippen LogP contribution is 2.12. The summed E-state index contributed by atoms with van der Waals surface area (Å²) in [6.45, 7) is 2.49.